The summed E-state index contributed by atoms with van der Waals surface area (Å²) in [6.45, 7) is 0. The van der Waals surface area contributed by atoms with E-state index in [1.54, 1.807) is 72.8 Å². The number of hydrogen-bond acceptors (Lipinski definition) is 3. The molecule has 0 bridgehead atoms. The Labute approximate surface area is 154 Å². The molecule has 0 spiro atoms. The van der Waals surface area contributed by atoms with Crippen LogP contribution >= 0.6 is 0 Å². The minimum Gasteiger partial charge on any atom is -0.268 e. The number of hydrogen-bond donors (Lipinski definition) is 1. The molecule has 27 heavy (non-hydrogen) atoms. The fraction of sp³-hybridized carbons (Fsp3) is 0. The molecule has 4 aromatic rings. The van der Waals surface area contributed by atoms with Crippen molar-refractivity contribution in [3.05, 3.63) is 118 Å². The molecule has 0 saturated heterocycles. The highest BCUT2D eigenvalue weighted by Crippen LogP contribution is 2.06. The Kier molecular flexibility index (Phi) is 4.14. The molecule has 6 heteroatoms. The van der Waals surface area contributed by atoms with Crippen molar-refractivity contribution in [3.8, 4) is 17.1 Å². The van der Waals surface area contributed by atoms with Gasteiger partial charge in [-0.1, -0.05) is 54.6 Å². The molecule has 1 heterocycles. The number of benzene rings is 3. The topological polar surface area (TPSA) is 72.8 Å². The largest absolute Gasteiger partial charge is 0.344 e. The number of rotatable bonds is 3. The van der Waals surface area contributed by atoms with Crippen LogP contribution in [0.3, 0.4) is 0 Å². The first-order valence-electron chi connectivity index (χ1n) is 8.40. The van der Waals surface area contributed by atoms with E-state index in [0.29, 0.717) is 17.1 Å². The molecule has 132 valence electrons. The molecule has 0 atom stereocenters. The Hall–Kier alpha value is -3.93. The smallest absolute Gasteiger partial charge is 0.268 e. The molecule has 4 rings (SSSR count). The van der Waals surface area contributed by atoms with Gasteiger partial charge in [0.2, 0.25) is 5.62 Å². The maximum Gasteiger partial charge on any atom is 0.344 e. The van der Waals surface area contributed by atoms with E-state index in [2.05, 4.69) is 0 Å². The van der Waals surface area contributed by atoms with Crippen molar-refractivity contribution in [2.24, 2.45) is 0 Å². The molecule has 0 aliphatic carbocycles. The summed E-state index contributed by atoms with van der Waals surface area (Å²) in [5.74, 6) is 0. The third kappa shape index (κ3) is 2.83. The van der Waals surface area contributed by atoms with E-state index in [9.17, 15) is 9.59 Å². The van der Waals surface area contributed by atoms with E-state index in [1.165, 1.54) is 9.13 Å². The van der Waals surface area contributed by atoms with Gasteiger partial charge in [0.05, 0.1) is 17.1 Å². The summed E-state index contributed by atoms with van der Waals surface area (Å²) in [7, 11) is 0. The van der Waals surface area contributed by atoms with E-state index in [4.69, 9.17) is 5.41 Å². The summed E-state index contributed by atoms with van der Waals surface area (Å²) >= 11 is 0. The average molecular weight is 356 g/mol. The average Bonchev–Trinajstić information content (AvgIpc) is 2.70. The molecule has 0 fully saturated rings. The Bertz CT molecular complexity index is 1060. The lowest BCUT2D eigenvalue weighted by Crippen LogP contribution is -2.52. The van der Waals surface area contributed by atoms with E-state index < -0.39 is 11.4 Å². The zero-order valence-electron chi connectivity index (χ0n) is 14.3. The Morgan fingerprint density at radius 1 is 0.481 bits per heavy atom. The van der Waals surface area contributed by atoms with Crippen molar-refractivity contribution in [3.63, 3.8) is 0 Å². The Morgan fingerprint density at radius 3 is 1.11 bits per heavy atom. The predicted molar refractivity (Wildman–Crippen MR) is 103 cm³/mol. The second kappa shape index (κ2) is 6.76. The third-order valence-electron chi connectivity index (χ3n) is 4.23. The van der Waals surface area contributed by atoms with Crippen LogP contribution in [0.2, 0.25) is 0 Å². The van der Waals surface area contributed by atoms with Crippen molar-refractivity contribution in [2.45, 2.75) is 0 Å². The first-order chi connectivity index (χ1) is 13.2. The highest BCUT2D eigenvalue weighted by atomic mass is 16.2. The molecule has 0 radical (unpaired) electrons. The van der Waals surface area contributed by atoms with Crippen LogP contribution in [0.15, 0.2) is 101 Å². The molecular formula is C21H16N4O2. The van der Waals surface area contributed by atoms with Crippen LogP contribution in [-0.4, -0.2) is 13.7 Å². The summed E-state index contributed by atoms with van der Waals surface area (Å²) in [6.07, 6.45) is 0. The van der Waals surface area contributed by atoms with Crippen LogP contribution in [0, 0.1) is 5.41 Å². The van der Waals surface area contributed by atoms with Crippen LogP contribution in [0.25, 0.3) is 17.1 Å². The van der Waals surface area contributed by atoms with Gasteiger partial charge in [0, 0.05) is 0 Å². The lowest BCUT2D eigenvalue weighted by Gasteiger charge is -2.15. The van der Waals surface area contributed by atoms with Crippen LogP contribution < -0.4 is 17.0 Å². The van der Waals surface area contributed by atoms with Gasteiger partial charge in [0.25, 0.3) is 0 Å². The van der Waals surface area contributed by atoms with E-state index in [-0.39, 0.29) is 5.62 Å². The number of aromatic nitrogens is 3. The van der Waals surface area contributed by atoms with Gasteiger partial charge in [-0.15, -0.1) is 0 Å². The Balaban J connectivity index is 2.18. The standard InChI is InChI=1S/C21H16N4O2/c22-19-23(16-10-4-1-5-11-16)20(26)25(18-14-8-3-9-15-18)21(27)24(19)17-12-6-2-7-13-17/h1-15,22H. The fourth-order valence-electron chi connectivity index (χ4n) is 2.98. The molecule has 0 saturated carbocycles. The van der Waals surface area contributed by atoms with Gasteiger partial charge < -0.3 is 0 Å². The van der Waals surface area contributed by atoms with Crippen molar-refractivity contribution in [2.75, 3.05) is 0 Å². The van der Waals surface area contributed by atoms with Gasteiger partial charge in [0.1, 0.15) is 0 Å². The van der Waals surface area contributed by atoms with E-state index >= 15 is 0 Å². The lowest BCUT2D eigenvalue weighted by molar-refractivity contribution is 0.632. The molecule has 1 N–H and O–H groups in total. The van der Waals surface area contributed by atoms with Crippen molar-refractivity contribution >= 4 is 0 Å². The first kappa shape index (κ1) is 16.5. The van der Waals surface area contributed by atoms with E-state index in [0.717, 1.165) is 4.57 Å². The minimum absolute atomic E-state index is 0.213. The molecule has 0 amide bonds. The summed E-state index contributed by atoms with van der Waals surface area (Å²) in [5, 5.41) is 8.57. The number of nitrogens with zero attached hydrogens (tertiary/aromatic N) is 3. The van der Waals surface area contributed by atoms with Crippen LogP contribution in [-0.2, 0) is 0 Å². The summed E-state index contributed by atoms with van der Waals surface area (Å²) in [5.41, 5.74) is 0.0873. The second-order valence-electron chi connectivity index (χ2n) is 5.90. The quantitative estimate of drug-likeness (QED) is 0.611. The maximum atomic E-state index is 13.2. The van der Waals surface area contributed by atoms with E-state index in [1.807, 2.05) is 18.2 Å². The molecule has 3 aromatic carbocycles. The molecule has 0 unspecified atom stereocenters. The minimum atomic E-state index is -0.588. The van der Waals surface area contributed by atoms with Crippen molar-refractivity contribution in [1.82, 2.24) is 13.7 Å². The molecule has 0 aliphatic heterocycles. The zero-order valence-corrected chi connectivity index (χ0v) is 14.3. The molecule has 1 aromatic heterocycles. The maximum absolute atomic E-state index is 13.2. The van der Waals surface area contributed by atoms with Gasteiger partial charge in [-0.3, -0.25) is 5.41 Å². The second-order valence-corrected chi connectivity index (χ2v) is 5.90. The van der Waals surface area contributed by atoms with Gasteiger partial charge >= 0.3 is 11.4 Å². The van der Waals surface area contributed by atoms with Crippen molar-refractivity contribution in [1.29, 1.82) is 5.41 Å². The molecule has 0 aliphatic rings. The summed E-state index contributed by atoms with van der Waals surface area (Å²) in [6, 6.07) is 26.4. The normalized spacial score (nSPS) is 10.7. The lowest BCUT2D eigenvalue weighted by atomic mass is 10.3. The highest BCUT2D eigenvalue weighted by Gasteiger charge is 2.16. The predicted octanol–water partition coefficient (Wildman–Crippen LogP) is 2.26. The fourth-order valence-corrected chi connectivity index (χ4v) is 2.98. The SMILES string of the molecule is N=c1n(-c2ccccc2)c(=O)n(-c2ccccc2)c(=O)n1-c1ccccc1. The first-order valence-corrected chi connectivity index (χ1v) is 8.40. The third-order valence-corrected chi connectivity index (χ3v) is 4.23. The van der Waals surface area contributed by atoms with Crippen LogP contribution in [0.5, 0.6) is 0 Å². The monoisotopic (exact) mass is 356 g/mol. The van der Waals surface area contributed by atoms with Gasteiger partial charge in [0.15, 0.2) is 0 Å². The molecular weight excluding hydrogens is 340 g/mol. The van der Waals surface area contributed by atoms with Crippen LogP contribution in [0.4, 0.5) is 0 Å². The zero-order chi connectivity index (χ0) is 18.8. The van der Waals surface area contributed by atoms with Gasteiger partial charge in [-0.05, 0) is 36.4 Å². The Morgan fingerprint density at radius 2 is 0.778 bits per heavy atom. The summed E-state index contributed by atoms with van der Waals surface area (Å²) < 4.78 is 3.53. The van der Waals surface area contributed by atoms with Gasteiger partial charge in [-0.25, -0.2) is 23.3 Å². The number of para-hydroxylation sites is 3. The van der Waals surface area contributed by atoms with Crippen LogP contribution in [0.1, 0.15) is 0 Å². The van der Waals surface area contributed by atoms with Gasteiger partial charge in [-0.2, -0.15) is 0 Å². The highest BCUT2D eigenvalue weighted by molar-refractivity contribution is 5.36. The molecule has 6 nitrogen and oxygen atoms in total. The summed E-state index contributed by atoms with van der Waals surface area (Å²) in [4.78, 5) is 26.4. The number of nitrogens with one attached hydrogen (secondary N) is 1. The van der Waals surface area contributed by atoms with Crippen molar-refractivity contribution < 1.29 is 0 Å².